The number of benzene rings is 2. The van der Waals surface area contributed by atoms with Crippen molar-refractivity contribution in [3.8, 4) is 11.4 Å². The molecular formula is C21H23N7O4. The molecule has 0 fully saturated rings. The number of hydrogen-bond acceptors (Lipinski definition) is 7. The van der Waals surface area contributed by atoms with Crippen LogP contribution in [0.1, 0.15) is 34.6 Å². The van der Waals surface area contributed by atoms with Gasteiger partial charge in [0.25, 0.3) is 17.7 Å². The predicted molar refractivity (Wildman–Crippen MR) is 114 cm³/mol. The summed E-state index contributed by atoms with van der Waals surface area (Å²) in [5, 5.41) is 13.6. The Balaban J connectivity index is 1.61. The van der Waals surface area contributed by atoms with Gasteiger partial charge in [-0.25, -0.2) is 4.68 Å². The fourth-order valence-corrected chi connectivity index (χ4v) is 2.90. The highest BCUT2D eigenvalue weighted by atomic mass is 16.5. The number of carbonyl (C=O) groups excluding carboxylic acids is 3. The molecule has 11 nitrogen and oxygen atoms in total. The van der Waals surface area contributed by atoms with Gasteiger partial charge in [0.1, 0.15) is 18.1 Å². The number of rotatable bonds is 7. The number of methoxy groups -OCH3 is 1. The predicted octanol–water partition coefficient (Wildman–Crippen LogP) is 0.886. The Labute approximate surface area is 184 Å². The van der Waals surface area contributed by atoms with Gasteiger partial charge in [-0.2, -0.15) is 0 Å². The lowest BCUT2D eigenvalue weighted by Gasteiger charge is -2.22. The third-order valence-corrected chi connectivity index (χ3v) is 4.63. The van der Waals surface area contributed by atoms with E-state index in [-0.39, 0.29) is 5.92 Å². The SMILES string of the molecule is COc1ccccc1C(=O)N[C@H](C(=O)NNC(=O)c1ccc(-n2cnnn2)cc1)C(C)C. The van der Waals surface area contributed by atoms with Gasteiger partial charge in [-0.15, -0.1) is 5.10 Å². The molecule has 0 bridgehead atoms. The second kappa shape index (κ2) is 10.2. The van der Waals surface area contributed by atoms with Crippen LogP contribution in [0.5, 0.6) is 5.75 Å². The number of nitrogens with zero attached hydrogens (tertiary/aromatic N) is 4. The number of carbonyl (C=O) groups is 3. The molecule has 1 aromatic heterocycles. The molecule has 32 heavy (non-hydrogen) atoms. The van der Waals surface area contributed by atoms with Crippen molar-refractivity contribution in [3.63, 3.8) is 0 Å². The molecule has 11 heteroatoms. The Morgan fingerprint density at radius 1 is 0.969 bits per heavy atom. The first-order chi connectivity index (χ1) is 15.4. The molecule has 3 rings (SSSR count). The van der Waals surface area contributed by atoms with Crippen LogP contribution in [0.25, 0.3) is 5.69 Å². The van der Waals surface area contributed by atoms with Gasteiger partial charge < -0.3 is 10.1 Å². The van der Waals surface area contributed by atoms with Gasteiger partial charge in [-0.05, 0) is 52.7 Å². The monoisotopic (exact) mass is 437 g/mol. The lowest BCUT2D eigenvalue weighted by atomic mass is 10.0. The van der Waals surface area contributed by atoms with Crippen molar-refractivity contribution in [2.75, 3.05) is 7.11 Å². The van der Waals surface area contributed by atoms with E-state index >= 15 is 0 Å². The average Bonchev–Trinajstić information content (AvgIpc) is 3.35. The molecule has 3 N–H and O–H groups in total. The van der Waals surface area contributed by atoms with Crippen molar-refractivity contribution in [1.82, 2.24) is 36.4 Å². The van der Waals surface area contributed by atoms with Crippen LogP contribution in [0.15, 0.2) is 54.9 Å². The summed E-state index contributed by atoms with van der Waals surface area (Å²) in [4.78, 5) is 37.7. The zero-order valence-corrected chi connectivity index (χ0v) is 17.8. The minimum atomic E-state index is -0.880. The Kier molecular flexibility index (Phi) is 7.11. The van der Waals surface area contributed by atoms with Gasteiger partial charge in [0.2, 0.25) is 0 Å². The maximum absolute atomic E-state index is 12.7. The molecule has 0 aliphatic heterocycles. The average molecular weight is 437 g/mol. The number of nitrogens with one attached hydrogen (secondary N) is 3. The van der Waals surface area contributed by atoms with Crippen LogP contribution < -0.4 is 20.9 Å². The molecule has 0 aliphatic carbocycles. The molecule has 2 aromatic carbocycles. The summed E-state index contributed by atoms with van der Waals surface area (Å²) >= 11 is 0. The molecule has 0 unspecified atom stereocenters. The lowest BCUT2D eigenvalue weighted by Crippen LogP contribution is -2.54. The molecule has 3 aromatic rings. The van der Waals surface area contributed by atoms with E-state index in [4.69, 9.17) is 4.74 Å². The smallest absolute Gasteiger partial charge is 0.269 e. The minimum absolute atomic E-state index is 0.235. The fraction of sp³-hybridized carbons (Fsp3) is 0.238. The molecular weight excluding hydrogens is 414 g/mol. The van der Waals surface area contributed by atoms with Crippen LogP contribution in [-0.2, 0) is 4.79 Å². The summed E-state index contributed by atoms with van der Waals surface area (Å²) in [5.74, 6) is -1.37. The Morgan fingerprint density at radius 3 is 2.31 bits per heavy atom. The quantitative estimate of drug-likeness (QED) is 0.466. The highest BCUT2D eigenvalue weighted by Crippen LogP contribution is 2.17. The van der Waals surface area contributed by atoms with E-state index in [0.29, 0.717) is 22.6 Å². The first-order valence-corrected chi connectivity index (χ1v) is 9.78. The Morgan fingerprint density at radius 2 is 1.69 bits per heavy atom. The molecule has 0 saturated heterocycles. The van der Waals surface area contributed by atoms with E-state index in [0.717, 1.165) is 0 Å². The Bertz CT molecular complexity index is 1080. The number of hydrogen-bond donors (Lipinski definition) is 3. The standard InChI is InChI=1S/C21H23N7O4/c1-13(2)18(23-20(30)16-6-4-5-7-17(16)32-3)21(31)25-24-19(29)14-8-10-15(11-9-14)28-12-22-26-27-28/h4-13,18H,1-3H3,(H,23,30)(H,24,29)(H,25,31)/t18-/m0/s1. The summed E-state index contributed by atoms with van der Waals surface area (Å²) in [6, 6.07) is 12.3. The van der Waals surface area contributed by atoms with E-state index in [1.165, 1.54) is 18.1 Å². The van der Waals surface area contributed by atoms with Crippen LogP contribution in [-0.4, -0.2) is 51.1 Å². The number of hydrazine groups is 1. The fourth-order valence-electron chi connectivity index (χ4n) is 2.90. The van der Waals surface area contributed by atoms with Crippen molar-refractivity contribution in [1.29, 1.82) is 0 Å². The van der Waals surface area contributed by atoms with Crippen LogP contribution in [0.2, 0.25) is 0 Å². The van der Waals surface area contributed by atoms with Gasteiger partial charge in [-0.1, -0.05) is 26.0 Å². The van der Waals surface area contributed by atoms with Crippen LogP contribution in [0.3, 0.4) is 0 Å². The van der Waals surface area contributed by atoms with Gasteiger partial charge in [-0.3, -0.25) is 25.2 Å². The highest BCUT2D eigenvalue weighted by Gasteiger charge is 2.26. The molecule has 1 atom stereocenters. The molecule has 166 valence electrons. The normalized spacial score (nSPS) is 11.5. The number of tetrazole rings is 1. The molecule has 1 heterocycles. The van der Waals surface area contributed by atoms with Crippen molar-refractivity contribution < 1.29 is 19.1 Å². The number of amides is 3. The molecule has 0 radical (unpaired) electrons. The van der Waals surface area contributed by atoms with Crippen LogP contribution in [0, 0.1) is 5.92 Å². The topological polar surface area (TPSA) is 140 Å². The van der Waals surface area contributed by atoms with E-state index < -0.39 is 23.8 Å². The summed E-state index contributed by atoms with van der Waals surface area (Å²) in [7, 11) is 1.46. The Hall–Kier alpha value is -4.28. The van der Waals surface area contributed by atoms with Gasteiger partial charge in [0, 0.05) is 5.56 Å². The maximum atomic E-state index is 12.7. The van der Waals surface area contributed by atoms with E-state index in [2.05, 4.69) is 31.7 Å². The minimum Gasteiger partial charge on any atom is -0.496 e. The summed E-state index contributed by atoms with van der Waals surface area (Å²) in [6.45, 7) is 3.57. The summed E-state index contributed by atoms with van der Waals surface area (Å²) in [6.07, 6.45) is 1.43. The lowest BCUT2D eigenvalue weighted by molar-refractivity contribution is -0.124. The van der Waals surface area contributed by atoms with Crippen molar-refractivity contribution in [2.45, 2.75) is 19.9 Å². The summed E-state index contributed by atoms with van der Waals surface area (Å²) < 4.78 is 6.64. The van der Waals surface area contributed by atoms with Gasteiger partial charge >= 0.3 is 0 Å². The van der Waals surface area contributed by atoms with Gasteiger partial charge in [0.15, 0.2) is 0 Å². The van der Waals surface area contributed by atoms with E-state index in [1.807, 2.05) is 0 Å². The molecule has 3 amide bonds. The molecule has 0 aliphatic rings. The first kappa shape index (κ1) is 22.4. The number of para-hydroxylation sites is 1. The number of ether oxygens (including phenoxy) is 1. The third kappa shape index (κ3) is 5.25. The van der Waals surface area contributed by atoms with Crippen LogP contribution >= 0.6 is 0 Å². The van der Waals surface area contributed by atoms with Gasteiger partial charge in [0.05, 0.1) is 18.4 Å². The zero-order chi connectivity index (χ0) is 23.1. The highest BCUT2D eigenvalue weighted by molar-refractivity contribution is 6.00. The van der Waals surface area contributed by atoms with Crippen molar-refractivity contribution in [2.24, 2.45) is 5.92 Å². The number of aromatic nitrogens is 4. The summed E-state index contributed by atoms with van der Waals surface area (Å²) in [5.41, 5.74) is 6.03. The largest absolute Gasteiger partial charge is 0.496 e. The van der Waals surface area contributed by atoms with Crippen molar-refractivity contribution in [3.05, 3.63) is 66.0 Å². The second-order valence-corrected chi connectivity index (χ2v) is 7.14. The third-order valence-electron chi connectivity index (χ3n) is 4.63. The van der Waals surface area contributed by atoms with Crippen LogP contribution in [0.4, 0.5) is 0 Å². The van der Waals surface area contributed by atoms with E-state index in [9.17, 15) is 14.4 Å². The molecule has 0 saturated carbocycles. The van der Waals surface area contributed by atoms with E-state index in [1.54, 1.807) is 62.4 Å². The second-order valence-electron chi connectivity index (χ2n) is 7.14. The maximum Gasteiger partial charge on any atom is 0.269 e. The van der Waals surface area contributed by atoms with Crippen molar-refractivity contribution >= 4 is 17.7 Å². The molecule has 0 spiro atoms. The first-order valence-electron chi connectivity index (χ1n) is 9.78. The zero-order valence-electron chi connectivity index (χ0n) is 17.8.